The topological polar surface area (TPSA) is 64.1 Å². The van der Waals surface area contributed by atoms with Crippen LogP contribution in [0.5, 0.6) is 11.5 Å². The highest BCUT2D eigenvalue weighted by atomic mass is 127. The molecule has 7 heteroatoms. The first kappa shape index (κ1) is 22.8. The summed E-state index contributed by atoms with van der Waals surface area (Å²) in [5, 5.41) is 6.54. The molecule has 0 aromatic heterocycles. The predicted octanol–water partition coefficient (Wildman–Crippen LogP) is 2.80. The SMILES string of the molecule is CCNC(=NCc1ccc(OCC)c(OC)c1)NC(C)COC.I. The standard InChI is InChI=1S/C17H29N3O3.HI/c1-6-18-17(20-13(3)12-21-4)19-11-14-8-9-15(23-7-2)16(10-14)22-5;/h8-10,13H,6-7,11-12H2,1-5H3,(H2,18,19,20);1H. The van der Waals surface area contributed by atoms with Crippen molar-refractivity contribution in [2.24, 2.45) is 4.99 Å². The van der Waals surface area contributed by atoms with Crippen molar-refractivity contribution in [3.8, 4) is 11.5 Å². The first-order valence-corrected chi connectivity index (χ1v) is 7.98. The fourth-order valence-electron chi connectivity index (χ4n) is 2.10. The molecule has 0 heterocycles. The maximum atomic E-state index is 5.53. The van der Waals surface area contributed by atoms with Gasteiger partial charge in [-0.15, -0.1) is 24.0 Å². The fraction of sp³-hybridized carbons (Fsp3) is 0.588. The number of hydrogen-bond donors (Lipinski definition) is 2. The molecule has 2 N–H and O–H groups in total. The van der Waals surface area contributed by atoms with Crippen molar-refractivity contribution in [1.29, 1.82) is 0 Å². The summed E-state index contributed by atoms with van der Waals surface area (Å²) in [6.07, 6.45) is 0. The van der Waals surface area contributed by atoms with E-state index in [0.29, 0.717) is 19.8 Å². The Morgan fingerprint density at radius 1 is 1.21 bits per heavy atom. The highest BCUT2D eigenvalue weighted by Gasteiger charge is 2.07. The molecule has 0 fully saturated rings. The Hall–Kier alpha value is -1.22. The molecule has 0 radical (unpaired) electrons. The molecular weight excluding hydrogens is 421 g/mol. The van der Waals surface area contributed by atoms with Crippen LogP contribution in [0.25, 0.3) is 0 Å². The number of methoxy groups -OCH3 is 2. The number of hydrogen-bond acceptors (Lipinski definition) is 4. The molecule has 0 saturated carbocycles. The van der Waals surface area contributed by atoms with Crippen molar-refractivity contribution >= 4 is 29.9 Å². The van der Waals surface area contributed by atoms with E-state index in [0.717, 1.165) is 29.6 Å². The van der Waals surface area contributed by atoms with Crippen molar-refractivity contribution < 1.29 is 14.2 Å². The number of nitrogens with zero attached hydrogens (tertiary/aromatic N) is 1. The van der Waals surface area contributed by atoms with Crippen LogP contribution >= 0.6 is 24.0 Å². The molecule has 138 valence electrons. The van der Waals surface area contributed by atoms with Gasteiger partial charge in [-0.05, 0) is 38.5 Å². The monoisotopic (exact) mass is 451 g/mol. The lowest BCUT2D eigenvalue weighted by atomic mass is 10.2. The smallest absolute Gasteiger partial charge is 0.191 e. The van der Waals surface area contributed by atoms with Gasteiger partial charge in [-0.3, -0.25) is 0 Å². The van der Waals surface area contributed by atoms with Crippen LogP contribution in [-0.2, 0) is 11.3 Å². The normalized spacial score (nSPS) is 12.1. The summed E-state index contributed by atoms with van der Waals surface area (Å²) in [6.45, 7) is 8.64. The zero-order valence-corrected chi connectivity index (χ0v) is 17.5. The van der Waals surface area contributed by atoms with Crippen molar-refractivity contribution in [3.63, 3.8) is 0 Å². The van der Waals surface area contributed by atoms with Crippen LogP contribution in [0.1, 0.15) is 26.3 Å². The van der Waals surface area contributed by atoms with E-state index in [1.165, 1.54) is 0 Å². The largest absolute Gasteiger partial charge is 0.493 e. The molecule has 0 spiro atoms. The van der Waals surface area contributed by atoms with E-state index in [1.807, 2.05) is 32.0 Å². The quantitative estimate of drug-likeness (QED) is 0.344. The van der Waals surface area contributed by atoms with Crippen LogP contribution in [0.3, 0.4) is 0 Å². The van der Waals surface area contributed by atoms with Gasteiger partial charge in [0.2, 0.25) is 0 Å². The van der Waals surface area contributed by atoms with E-state index in [9.17, 15) is 0 Å². The fourth-order valence-corrected chi connectivity index (χ4v) is 2.10. The number of nitrogens with one attached hydrogen (secondary N) is 2. The van der Waals surface area contributed by atoms with Crippen LogP contribution < -0.4 is 20.1 Å². The van der Waals surface area contributed by atoms with E-state index in [2.05, 4.69) is 22.5 Å². The third-order valence-corrected chi connectivity index (χ3v) is 3.09. The van der Waals surface area contributed by atoms with Gasteiger partial charge in [0.15, 0.2) is 17.5 Å². The minimum absolute atomic E-state index is 0. The first-order chi connectivity index (χ1) is 11.1. The summed E-state index contributed by atoms with van der Waals surface area (Å²) < 4.78 is 16.0. The van der Waals surface area contributed by atoms with E-state index in [4.69, 9.17) is 14.2 Å². The van der Waals surface area contributed by atoms with Crippen LogP contribution in [-0.4, -0.2) is 46.0 Å². The third-order valence-electron chi connectivity index (χ3n) is 3.09. The van der Waals surface area contributed by atoms with E-state index in [-0.39, 0.29) is 30.0 Å². The maximum Gasteiger partial charge on any atom is 0.191 e. The van der Waals surface area contributed by atoms with Crippen molar-refractivity contribution in [2.75, 3.05) is 34.0 Å². The van der Waals surface area contributed by atoms with Crippen LogP contribution in [0, 0.1) is 0 Å². The summed E-state index contributed by atoms with van der Waals surface area (Å²) in [5.74, 6) is 2.25. The molecule has 0 aliphatic heterocycles. The molecule has 1 aromatic rings. The molecule has 0 amide bonds. The molecular formula is C17H30IN3O3. The summed E-state index contributed by atoms with van der Waals surface area (Å²) in [5.41, 5.74) is 1.06. The number of halogens is 1. The van der Waals surface area contributed by atoms with Gasteiger partial charge < -0.3 is 24.8 Å². The Balaban J connectivity index is 0.00000529. The van der Waals surface area contributed by atoms with Crippen molar-refractivity contribution in [2.45, 2.75) is 33.4 Å². The first-order valence-electron chi connectivity index (χ1n) is 7.98. The summed E-state index contributed by atoms with van der Waals surface area (Å²) in [6, 6.07) is 6.06. The predicted molar refractivity (Wildman–Crippen MR) is 109 cm³/mol. The lowest BCUT2D eigenvalue weighted by Crippen LogP contribution is -2.43. The Kier molecular flexibility index (Phi) is 12.4. The maximum absolute atomic E-state index is 5.53. The second kappa shape index (κ2) is 13.1. The Morgan fingerprint density at radius 2 is 1.96 bits per heavy atom. The lowest BCUT2D eigenvalue weighted by molar-refractivity contribution is 0.179. The van der Waals surface area contributed by atoms with Gasteiger partial charge >= 0.3 is 0 Å². The van der Waals surface area contributed by atoms with Crippen LogP contribution in [0.4, 0.5) is 0 Å². The van der Waals surface area contributed by atoms with Gasteiger partial charge in [-0.1, -0.05) is 6.07 Å². The van der Waals surface area contributed by atoms with E-state index >= 15 is 0 Å². The van der Waals surface area contributed by atoms with Gasteiger partial charge in [0.1, 0.15) is 0 Å². The average Bonchev–Trinajstić information content (AvgIpc) is 2.54. The molecule has 0 aliphatic rings. The van der Waals surface area contributed by atoms with Crippen LogP contribution in [0.15, 0.2) is 23.2 Å². The molecule has 0 aliphatic carbocycles. The van der Waals surface area contributed by atoms with Gasteiger partial charge in [-0.2, -0.15) is 0 Å². The van der Waals surface area contributed by atoms with Gasteiger partial charge in [0.25, 0.3) is 0 Å². The lowest BCUT2D eigenvalue weighted by Gasteiger charge is -2.17. The molecule has 0 saturated heterocycles. The molecule has 0 bridgehead atoms. The molecule has 24 heavy (non-hydrogen) atoms. The van der Waals surface area contributed by atoms with Crippen LogP contribution in [0.2, 0.25) is 0 Å². The number of rotatable bonds is 9. The minimum atomic E-state index is 0. The number of ether oxygens (including phenoxy) is 3. The van der Waals surface area contributed by atoms with Gasteiger partial charge in [0, 0.05) is 19.7 Å². The zero-order chi connectivity index (χ0) is 17.1. The Bertz CT molecular complexity index is 498. The van der Waals surface area contributed by atoms with Gasteiger partial charge in [0.05, 0.1) is 26.9 Å². The summed E-state index contributed by atoms with van der Waals surface area (Å²) in [7, 11) is 3.33. The second-order valence-corrected chi connectivity index (χ2v) is 5.11. The highest BCUT2D eigenvalue weighted by Crippen LogP contribution is 2.28. The highest BCUT2D eigenvalue weighted by molar-refractivity contribution is 14.0. The molecule has 1 atom stereocenters. The van der Waals surface area contributed by atoms with E-state index in [1.54, 1.807) is 14.2 Å². The molecule has 1 unspecified atom stereocenters. The average molecular weight is 451 g/mol. The van der Waals surface area contributed by atoms with Gasteiger partial charge in [-0.25, -0.2) is 4.99 Å². The van der Waals surface area contributed by atoms with Crippen molar-refractivity contribution in [3.05, 3.63) is 23.8 Å². The zero-order valence-electron chi connectivity index (χ0n) is 15.2. The molecule has 1 rings (SSSR count). The van der Waals surface area contributed by atoms with Crippen molar-refractivity contribution in [1.82, 2.24) is 10.6 Å². The minimum Gasteiger partial charge on any atom is -0.493 e. The summed E-state index contributed by atoms with van der Waals surface area (Å²) in [4.78, 5) is 4.60. The molecule has 1 aromatic carbocycles. The Labute approximate surface area is 162 Å². The third kappa shape index (κ3) is 8.05. The number of guanidine groups is 1. The van der Waals surface area contributed by atoms with E-state index < -0.39 is 0 Å². The number of benzene rings is 1. The second-order valence-electron chi connectivity index (χ2n) is 5.11. The Morgan fingerprint density at radius 3 is 2.54 bits per heavy atom. The number of aliphatic imine (C=N–C) groups is 1. The summed E-state index contributed by atoms with van der Waals surface area (Å²) >= 11 is 0. The molecule has 6 nitrogen and oxygen atoms in total.